The van der Waals surface area contributed by atoms with Crippen LogP contribution >= 0.6 is 11.3 Å². The Morgan fingerprint density at radius 1 is 1.06 bits per heavy atom. The van der Waals surface area contributed by atoms with E-state index >= 15 is 0 Å². The van der Waals surface area contributed by atoms with E-state index in [2.05, 4.69) is 32.7 Å². The highest BCUT2D eigenvalue weighted by atomic mass is 32.1. The molecule has 36 heavy (non-hydrogen) atoms. The summed E-state index contributed by atoms with van der Waals surface area (Å²) in [5, 5.41) is 7.59. The first-order valence-corrected chi connectivity index (χ1v) is 13.0. The molecule has 180 valence electrons. The Kier molecular flexibility index (Phi) is 5.57. The molecule has 1 fully saturated rings. The molecule has 0 bridgehead atoms. The summed E-state index contributed by atoms with van der Waals surface area (Å²) in [4.78, 5) is 33.1. The van der Waals surface area contributed by atoms with E-state index in [1.807, 2.05) is 62.4 Å². The molecule has 7 heteroatoms. The van der Waals surface area contributed by atoms with Crippen LogP contribution in [-0.4, -0.2) is 21.8 Å². The lowest BCUT2D eigenvalue weighted by Gasteiger charge is -2.14. The van der Waals surface area contributed by atoms with Crippen LogP contribution in [0.25, 0.3) is 32.2 Å². The summed E-state index contributed by atoms with van der Waals surface area (Å²) in [5.74, 6) is 0.0972. The van der Waals surface area contributed by atoms with Crippen LogP contribution in [0.4, 0.5) is 5.13 Å². The van der Waals surface area contributed by atoms with Gasteiger partial charge < -0.3 is 15.6 Å². The van der Waals surface area contributed by atoms with E-state index in [0.29, 0.717) is 10.7 Å². The third-order valence-corrected chi connectivity index (χ3v) is 7.67. The lowest BCUT2D eigenvalue weighted by Crippen LogP contribution is -2.26. The second-order valence-corrected chi connectivity index (χ2v) is 10.6. The van der Waals surface area contributed by atoms with Crippen LogP contribution in [0.2, 0.25) is 0 Å². The summed E-state index contributed by atoms with van der Waals surface area (Å²) in [6.07, 6.45) is 3.70. The van der Waals surface area contributed by atoms with Crippen LogP contribution in [0.3, 0.4) is 0 Å². The quantitative estimate of drug-likeness (QED) is 0.249. The molecule has 0 aliphatic heterocycles. The van der Waals surface area contributed by atoms with Crippen molar-refractivity contribution in [3.8, 4) is 11.1 Å². The number of aromatic nitrogens is 2. The summed E-state index contributed by atoms with van der Waals surface area (Å²) in [6, 6.07) is 20.3. The van der Waals surface area contributed by atoms with E-state index in [9.17, 15) is 9.59 Å². The van der Waals surface area contributed by atoms with Gasteiger partial charge in [-0.05, 0) is 67.6 Å². The van der Waals surface area contributed by atoms with Crippen LogP contribution < -0.4 is 10.6 Å². The standard InChI is InChI=1S/C29H26N4O2S/c1-16-4-3-5-19(12-16)17(2)31-28(35)23-15-30-24-10-8-20(13-22(23)24)21-9-11-26-25(14-21)32-29(36-26)33-27(34)18-6-7-18/h3-5,8-15,17-18,30H,6-7H2,1-2H3,(H,31,35)(H,32,33,34)/t17-/m0/s1. The van der Waals surface area contributed by atoms with Crippen molar-refractivity contribution in [2.24, 2.45) is 5.92 Å². The first-order valence-electron chi connectivity index (χ1n) is 12.1. The zero-order valence-electron chi connectivity index (χ0n) is 20.1. The molecular weight excluding hydrogens is 468 g/mol. The molecule has 2 aromatic heterocycles. The Morgan fingerprint density at radius 2 is 1.86 bits per heavy atom. The predicted octanol–water partition coefficient (Wildman–Crippen LogP) is 6.59. The largest absolute Gasteiger partial charge is 0.360 e. The first kappa shape index (κ1) is 22.5. The number of hydrogen-bond acceptors (Lipinski definition) is 4. The number of carbonyl (C=O) groups excluding carboxylic acids is 2. The Bertz CT molecular complexity index is 1630. The molecule has 1 saturated carbocycles. The zero-order valence-corrected chi connectivity index (χ0v) is 20.9. The second kappa shape index (κ2) is 8.91. The third kappa shape index (κ3) is 4.38. The van der Waals surface area contributed by atoms with Gasteiger partial charge >= 0.3 is 0 Å². The van der Waals surface area contributed by atoms with Crippen molar-refractivity contribution in [3.63, 3.8) is 0 Å². The molecule has 6 rings (SSSR count). The van der Waals surface area contributed by atoms with Crippen molar-refractivity contribution in [1.29, 1.82) is 0 Å². The highest BCUT2D eigenvalue weighted by Crippen LogP contribution is 2.34. The van der Waals surface area contributed by atoms with Gasteiger partial charge in [-0.3, -0.25) is 9.59 Å². The second-order valence-electron chi connectivity index (χ2n) is 9.54. The number of H-pyrrole nitrogens is 1. The Morgan fingerprint density at radius 3 is 2.67 bits per heavy atom. The van der Waals surface area contributed by atoms with Gasteiger partial charge in [-0.25, -0.2) is 4.98 Å². The summed E-state index contributed by atoms with van der Waals surface area (Å²) < 4.78 is 1.03. The van der Waals surface area contributed by atoms with E-state index in [1.165, 1.54) is 16.9 Å². The summed E-state index contributed by atoms with van der Waals surface area (Å²) in [5.41, 5.74) is 6.63. The first-order chi connectivity index (χ1) is 17.4. The molecule has 0 unspecified atom stereocenters. The number of nitrogens with one attached hydrogen (secondary N) is 3. The molecule has 0 spiro atoms. The number of rotatable bonds is 6. The average Bonchev–Trinajstić information content (AvgIpc) is 3.52. The minimum absolute atomic E-state index is 0.0645. The number of nitrogens with zero attached hydrogens (tertiary/aromatic N) is 1. The van der Waals surface area contributed by atoms with E-state index in [-0.39, 0.29) is 23.8 Å². The van der Waals surface area contributed by atoms with Crippen molar-refractivity contribution >= 4 is 49.4 Å². The maximum absolute atomic E-state index is 13.2. The van der Waals surface area contributed by atoms with Gasteiger partial charge in [0, 0.05) is 23.0 Å². The molecule has 3 aromatic carbocycles. The number of benzene rings is 3. The molecule has 2 amide bonds. The van der Waals surface area contributed by atoms with E-state index in [4.69, 9.17) is 0 Å². The summed E-state index contributed by atoms with van der Waals surface area (Å²) in [7, 11) is 0. The minimum Gasteiger partial charge on any atom is -0.360 e. The molecule has 0 saturated heterocycles. The maximum atomic E-state index is 13.2. The average molecular weight is 495 g/mol. The van der Waals surface area contributed by atoms with E-state index in [1.54, 1.807) is 6.20 Å². The van der Waals surface area contributed by atoms with Gasteiger partial charge in [-0.2, -0.15) is 0 Å². The van der Waals surface area contributed by atoms with Gasteiger partial charge in [0.25, 0.3) is 5.91 Å². The molecular formula is C29H26N4O2S. The van der Waals surface area contributed by atoms with Gasteiger partial charge in [-0.1, -0.05) is 53.3 Å². The molecule has 1 atom stereocenters. The number of anilines is 1. The lowest BCUT2D eigenvalue weighted by atomic mass is 10.0. The SMILES string of the molecule is Cc1cccc([C@H](C)NC(=O)c2c[nH]c3ccc(-c4ccc5sc(NC(=O)C6CC6)nc5c4)cc23)c1. The van der Waals surface area contributed by atoms with Crippen molar-refractivity contribution in [2.75, 3.05) is 5.32 Å². The smallest absolute Gasteiger partial charge is 0.253 e. The Balaban J connectivity index is 1.27. The Labute approximate surface area is 212 Å². The van der Waals surface area contributed by atoms with Crippen LogP contribution in [0, 0.1) is 12.8 Å². The fourth-order valence-corrected chi connectivity index (χ4v) is 5.35. The number of carbonyl (C=O) groups is 2. The highest BCUT2D eigenvalue weighted by Gasteiger charge is 2.30. The van der Waals surface area contributed by atoms with Crippen molar-refractivity contribution in [1.82, 2.24) is 15.3 Å². The zero-order chi connectivity index (χ0) is 24.8. The van der Waals surface area contributed by atoms with Crippen molar-refractivity contribution < 1.29 is 9.59 Å². The van der Waals surface area contributed by atoms with E-state index < -0.39 is 0 Å². The molecule has 0 radical (unpaired) electrons. The van der Waals surface area contributed by atoms with Crippen molar-refractivity contribution in [3.05, 3.63) is 83.6 Å². The van der Waals surface area contributed by atoms with Gasteiger partial charge in [-0.15, -0.1) is 0 Å². The number of hydrogen-bond donors (Lipinski definition) is 3. The van der Waals surface area contributed by atoms with Crippen LogP contribution in [0.1, 0.15) is 47.3 Å². The fourth-order valence-electron chi connectivity index (χ4n) is 4.50. The maximum Gasteiger partial charge on any atom is 0.253 e. The molecule has 1 aliphatic carbocycles. The van der Waals surface area contributed by atoms with Crippen LogP contribution in [0.5, 0.6) is 0 Å². The highest BCUT2D eigenvalue weighted by molar-refractivity contribution is 7.22. The molecule has 3 N–H and O–H groups in total. The molecule has 6 nitrogen and oxygen atoms in total. The summed E-state index contributed by atoms with van der Waals surface area (Å²) >= 11 is 1.49. The number of aromatic amines is 1. The van der Waals surface area contributed by atoms with Gasteiger partial charge in [0.05, 0.1) is 21.8 Å². The fraction of sp³-hybridized carbons (Fsp3) is 0.207. The monoisotopic (exact) mass is 494 g/mol. The Hall–Kier alpha value is -3.97. The molecule has 2 heterocycles. The topological polar surface area (TPSA) is 86.9 Å². The number of thiazole rings is 1. The van der Waals surface area contributed by atoms with Crippen LogP contribution in [0.15, 0.2) is 66.9 Å². The molecule has 1 aliphatic rings. The van der Waals surface area contributed by atoms with E-state index in [0.717, 1.165) is 50.7 Å². The van der Waals surface area contributed by atoms with Gasteiger partial charge in [0.1, 0.15) is 0 Å². The van der Waals surface area contributed by atoms with Crippen LogP contribution in [-0.2, 0) is 4.79 Å². The van der Waals surface area contributed by atoms with Gasteiger partial charge in [0.2, 0.25) is 5.91 Å². The predicted molar refractivity (Wildman–Crippen MR) is 145 cm³/mol. The number of fused-ring (bicyclic) bond motifs is 2. The molecule has 5 aromatic rings. The van der Waals surface area contributed by atoms with Crippen molar-refractivity contribution in [2.45, 2.75) is 32.7 Å². The minimum atomic E-state index is -0.113. The third-order valence-electron chi connectivity index (χ3n) is 6.72. The number of amides is 2. The normalized spacial score (nSPS) is 14.2. The van der Waals surface area contributed by atoms with Gasteiger partial charge in [0.15, 0.2) is 5.13 Å². The number of aryl methyl sites for hydroxylation is 1. The lowest BCUT2D eigenvalue weighted by molar-refractivity contribution is -0.117. The summed E-state index contributed by atoms with van der Waals surface area (Å²) in [6.45, 7) is 4.05.